The molecule has 1 aromatic carbocycles. The number of thiazole rings is 1. The number of benzene rings is 1. The Morgan fingerprint density at radius 1 is 1.16 bits per heavy atom. The van der Waals surface area contributed by atoms with Crippen molar-refractivity contribution in [2.45, 2.75) is 33.3 Å². The van der Waals surface area contributed by atoms with E-state index in [-0.39, 0.29) is 6.03 Å². The summed E-state index contributed by atoms with van der Waals surface area (Å²) in [6, 6.07) is 3.68. The lowest BCUT2D eigenvalue weighted by Crippen LogP contribution is -2.43. The van der Waals surface area contributed by atoms with E-state index in [0.29, 0.717) is 63.4 Å². The van der Waals surface area contributed by atoms with Gasteiger partial charge in [-0.2, -0.15) is 0 Å². The first-order valence-corrected chi connectivity index (χ1v) is 13.0. The number of ether oxygens (including phenoxy) is 2. The maximum Gasteiger partial charge on any atom is 0.321 e. The number of methoxy groups -OCH3 is 1. The van der Waals surface area contributed by atoms with Crippen molar-refractivity contribution in [2.24, 2.45) is 5.41 Å². The maximum absolute atomic E-state index is 12.0. The van der Waals surface area contributed by atoms with E-state index in [4.69, 9.17) is 9.47 Å². The van der Waals surface area contributed by atoms with Gasteiger partial charge in [0.2, 0.25) is 5.95 Å². The summed E-state index contributed by atoms with van der Waals surface area (Å²) in [4.78, 5) is 39.3. The lowest BCUT2D eigenvalue weighted by molar-refractivity contribution is -0.149. The van der Waals surface area contributed by atoms with Crippen molar-refractivity contribution in [3.05, 3.63) is 30.1 Å². The van der Waals surface area contributed by atoms with Crippen LogP contribution >= 0.6 is 11.3 Å². The van der Waals surface area contributed by atoms with Crippen molar-refractivity contribution < 1.29 is 24.2 Å². The zero-order valence-electron chi connectivity index (χ0n) is 21.2. The summed E-state index contributed by atoms with van der Waals surface area (Å²) in [6.45, 7) is 6.67. The van der Waals surface area contributed by atoms with Crippen LogP contribution in [0.2, 0.25) is 0 Å². The third kappa shape index (κ3) is 6.32. The summed E-state index contributed by atoms with van der Waals surface area (Å²) in [5, 5.41) is 15.5. The molecule has 4 rings (SSSR count). The van der Waals surface area contributed by atoms with E-state index in [2.05, 4.69) is 25.6 Å². The Balaban J connectivity index is 1.57. The fraction of sp³-hybridized carbons (Fsp3) is 0.480. The Morgan fingerprint density at radius 2 is 1.89 bits per heavy atom. The van der Waals surface area contributed by atoms with Crippen LogP contribution in [0, 0.1) is 5.41 Å². The van der Waals surface area contributed by atoms with E-state index in [1.807, 2.05) is 24.0 Å². The largest absolute Gasteiger partial charge is 0.481 e. The standard InChI is InChI=1S/C25H32N6O5S/c1-4-26-23(34)30-24-29-19-12-16(11-17(20(19)37-24)15-36-10-9-35-3)18-13-27-22(28-14-18)31-7-5-25(2,6-8-31)21(32)33/h11-14H,4-10,15H2,1-3H3,(H,32,33)(H2,26,29,30,34). The van der Waals surface area contributed by atoms with Gasteiger partial charge in [0, 0.05) is 44.7 Å². The molecule has 37 heavy (non-hydrogen) atoms. The van der Waals surface area contributed by atoms with Gasteiger partial charge >= 0.3 is 12.0 Å². The van der Waals surface area contributed by atoms with E-state index in [1.165, 1.54) is 11.3 Å². The van der Waals surface area contributed by atoms with Crippen molar-refractivity contribution in [2.75, 3.05) is 50.2 Å². The van der Waals surface area contributed by atoms with Crippen LogP contribution in [0.1, 0.15) is 32.3 Å². The lowest BCUT2D eigenvalue weighted by Gasteiger charge is -2.36. The minimum atomic E-state index is -0.757. The number of nitrogens with one attached hydrogen (secondary N) is 2. The van der Waals surface area contributed by atoms with Crippen molar-refractivity contribution in [3.8, 4) is 11.1 Å². The highest BCUT2D eigenvalue weighted by Gasteiger charge is 2.37. The van der Waals surface area contributed by atoms with Gasteiger partial charge in [-0.25, -0.2) is 19.7 Å². The Kier molecular flexibility index (Phi) is 8.52. The molecule has 198 valence electrons. The second-order valence-electron chi connectivity index (χ2n) is 9.16. The number of aliphatic carboxylic acids is 1. The average Bonchev–Trinajstić information content (AvgIpc) is 3.29. The van der Waals surface area contributed by atoms with Crippen LogP contribution in [-0.4, -0.2) is 72.0 Å². The molecule has 0 unspecified atom stereocenters. The number of nitrogens with zero attached hydrogens (tertiary/aromatic N) is 4. The summed E-state index contributed by atoms with van der Waals surface area (Å²) < 4.78 is 11.8. The Hall–Kier alpha value is -3.35. The normalized spacial score (nSPS) is 15.1. The summed E-state index contributed by atoms with van der Waals surface area (Å²) in [6.07, 6.45) is 4.63. The van der Waals surface area contributed by atoms with Gasteiger partial charge in [0.1, 0.15) is 0 Å². The van der Waals surface area contributed by atoms with Gasteiger partial charge in [0.05, 0.1) is 35.5 Å². The fourth-order valence-corrected chi connectivity index (χ4v) is 5.04. The van der Waals surface area contributed by atoms with E-state index < -0.39 is 11.4 Å². The number of urea groups is 1. The van der Waals surface area contributed by atoms with Crippen LogP contribution < -0.4 is 15.5 Å². The van der Waals surface area contributed by atoms with Crippen LogP contribution in [0.5, 0.6) is 0 Å². The van der Waals surface area contributed by atoms with Gasteiger partial charge in [-0.3, -0.25) is 10.1 Å². The molecular weight excluding hydrogens is 496 g/mol. The van der Waals surface area contributed by atoms with Crippen molar-refractivity contribution >= 4 is 44.6 Å². The van der Waals surface area contributed by atoms with Gasteiger partial charge in [-0.05, 0) is 49.9 Å². The number of carbonyl (C=O) groups is 2. The highest BCUT2D eigenvalue weighted by Crippen LogP contribution is 2.35. The molecule has 3 N–H and O–H groups in total. The molecule has 0 saturated carbocycles. The molecule has 2 aromatic heterocycles. The van der Waals surface area contributed by atoms with Crippen molar-refractivity contribution in [1.82, 2.24) is 20.3 Å². The molecule has 3 heterocycles. The molecule has 11 nitrogen and oxygen atoms in total. The number of carboxylic acid groups (broad SMARTS) is 1. The predicted octanol–water partition coefficient (Wildman–Crippen LogP) is 3.75. The quantitative estimate of drug-likeness (QED) is 0.336. The number of amides is 2. The number of anilines is 2. The summed E-state index contributed by atoms with van der Waals surface area (Å²) in [5.41, 5.74) is 2.69. The Bertz CT molecular complexity index is 1240. The first kappa shape index (κ1) is 26.7. The fourth-order valence-electron chi connectivity index (χ4n) is 4.10. The monoisotopic (exact) mass is 528 g/mol. The zero-order valence-corrected chi connectivity index (χ0v) is 22.1. The third-order valence-electron chi connectivity index (χ3n) is 6.45. The smallest absolute Gasteiger partial charge is 0.321 e. The number of carbonyl (C=O) groups excluding carboxylic acids is 1. The van der Waals surface area contributed by atoms with Gasteiger partial charge in [-0.1, -0.05) is 11.3 Å². The van der Waals surface area contributed by atoms with Gasteiger partial charge in [0.25, 0.3) is 0 Å². The number of rotatable bonds is 10. The first-order valence-electron chi connectivity index (χ1n) is 12.2. The molecule has 0 spiro atoms. The number of carboxylic acids is 1. The molecule has 1 fully saturated rings. The van der Waals surface area contributed by atoms with Crippen LogP contribution in [0.15, 0.2) is 24.5 Å². The lowest BCUT2D eigenvalue weighted by atomic mass is 9.80. The predicted molar refractivity (Wildman–Crippen MR) is 142 cm³/mol. The van der Waals surface area contributed by atoms with Gasteiger partial charge in [-0.15, -0.1) is 0 Å². The third-order valence-corrected chi connectivity index (χ3v) is 7.51. The molecular formula is C25H32N6O5S. The molecule has 0 aliphatic carbocycles. The molecule has 0 atom stereocenters. The summed E-state index contributed by atoms with van der Waals surface area (Å²) in [7, 11) is 1.63. The number of fused-ring (bicyclic) bond motifs is 1. The molecule has 1 saturated heterocycles. The number of hydrogen-bond acceptors (Lipinski definition) is 9. The second kappa shape index (κ2) is 11.8. The van der Waals surface area contributed by atoms with E-state index >= 15 is 0 Å². The molecule has 2 amide bonds. The highest BCUT2D eigenvalue weighted by atomic mass is 32.1. The number of piperidine rings is 1. The Labute approximate surface area is 219 Å². The number of hydrogen-bond donors (Lipinski definition) is 3. The zero-order chi connectivity index (χ0) is 26.4. The van der Waals surface area contributed by atoms with E-state index in [1.54, 1.807) is 26.4 Å². The minimum absolute atomic E-state index is 0.301. The van der Waals surface area contributed by atoms with Crippen LogP contribution in [0.25, 0.3) is 21.3 Å². The molecule has 1 aliphatic rings. The van der Waals surface area contributed by atoms with Gasteiger partial charge < -0.3 is 24.8 Å². The van der Waals surface area contributed by atoms with Crippen molar-refractivity contribution in [1.29, 1.82) is 0 Å². The highest BCUT2D eigenvalue weighted by molar-refractivity contribution is 7.22. The van der Waals surface area contributed by atoms with E-state index in [9.17, 15) is 14.7 Å². The molecule has 0 bridgehead atoms. The molecule has 12 heteroatoms. The first-order chi connectivity index (χ1) is 17.8. The van der Waals surface area contributed by atoms with E-state index in [0.717, 1.165) is 26.9 Å². The average molecular weight is 529 g/mol. The van der Waals surface area contributed by atoms with Crippen LogP contribution in [0.4, 0.5) is 15.9 Å². The maximum atomic E-state index is 12.0. The van der Waals surface area contributed by atoms with Crippen molar-refractivity contribution in [3.63, 3.8) is 0 Å². The Morgan fingerprint density at radius 3 is 2.54 bits per heavy atom. The topological polar surface area (TPSA) is 139 Å². The molecule has 3 aromatic rings. The number of aromatic nitrogens is 3. The van der Waals surface area contributed by atoms with Crippen LogP contribution in [0.3, 0.4) is 0 Å². The molecule has 0 radical (unpaired) electrons. The second-order valence-corrected chi connectivity index (χ2v) is 10.2. The van der Waals surface area contributed by atoms with Crippen LogP contribution in [-0.2, 0) is 20.9 Å². The van der Waals surface area contributed by atoms with Gasteiger partial charge in [0.15, 0.2) is 5.13 Å². The SMILES string of the molecule is CCNC(=O)Nc1nc2cc(-c3cnc(N4CCC(C)(C(=O)O)CC4)nc3)cc(COCCOC)c2s1. The minimum Gasteiger partial charge on any atom is -0.481 e. The summed E-state index contributed by atoms with van der Waals surface area (Å²) >= 11 is 1.39. The summed E-state index contributed by atoms with van der Waals surface area (Å²) in [5.74, 6) is -0.172. The molecule has 1 aliphatic heterocycles.